The van der Waals surface area contributed by atoms with Gasteiger partial charge < -0.3 is 15.0 Å². The number of carbonyl (C=O) groups is 2. The van der Waals surface area contributed by atoms with Crippen LogP contribution in [0.1, 0.15) is 54.4 Å². The highest BCUT2D eigenvalue weighted by Gasteiger charge is 2.32. The van der Waals surface area contributed by atoms with Crippen molar-refractivity contribution in [1.29, 1.82) is 0 Å². The summed E-state index contributed by atoms with van der Waals surface area (Å²) < 4.78 is 33.3. The molecule has 0 aromatic heterocycles. The third kappa shape index (κ3) is 7.16. The van der Waals surface area contributed by atoms with Crippen molar-refractivity contribution in [2.75, 3.05) is 25.0 Å². The number of rotatable bonds is 6. The highest BCUT2D eigenvalue weighted by molar-refractivity contribution is 5.94. The van der Waals surface area contributed by atoms with Gasteiger partial charge in [-0.25, -0.2) is 13.6 Å². The van der Waals surface area contributed by atoms with Gasteiger partial charge in [0.1, 0.15) is 22.9 Å². The van der Waals surface area contributed by atoms with Crippen molar-refractivity contribution in [3.8, 4) is 0 Å². The monoisotopic (exact) mass is 439 g/mol. The number of para-hydroxylation sites is 1. The van der Waals surface area contributed by atoms with Gasteiger partial charge in [-0.05, 0) is 79.0 Å². The lowest BCUT2D eigenvalue weighted by Gasteiger charge is -2.39. The summed E-state index contributed by atoms with van der Waals surface area (Å²) in [4.78, 5) is 29.0. The maximum atomic E-state index is 13.9. The maximum absolute atomic E-state index is 13.9. The first kappa shape index (κ1) is 25.0. The van der Waals surface area contributed by atoms with Crippen molar-refractivity contribution < 1.29 is 23.1 Å². The number of likely N-dealkylation sites (tertiary alicyclic amines) is 1. The summed E-state index contributed by atoms with van der Waals surface area (Å²) in [6.45, 7) is 13.0. The summed E-state index contributed by atoms with van der Waals surface area (Å²) in [5, 5.41) is 2.38. The van der Waals surface area contributed by atoms with Gasteiger partial charge in [0.05, 0.1) is 6.04 Å². The van der Waals surface area contributed by atoms with Gasteiger partial charge in [0.2, 0.25) is 5.91 Å². The van der Waals surface area contributed by atoms with Crippen molar-refractivity contribution in [3.05, 3.63) is 29.8 Å². The lowest BCUT2D eigenvalue weighted by atomic mass is 9.95. The fourth-order valence-corrected chi connectivity index (χ4v) is 3.70. The minimum atomic E-state index is -0.804. The van der Waals surface area contributed by atoms with E-state index in [1.807, 2.05) is 39.5 Å². The first-order chi connectivity index (χ1) is 14.4. The number of nitrogens with zero attached hydrogens (tertiary/aromatic N) is 2. The molecule has 1 aliphatic rings. The van der Waals surface area contributed by atoms with Gasteiger partial charge in [-0.3, -0.25) is 9.69 Å². The molecule has 2 amide bonds. The number of anilines is 1. The Hall–Kier alpha value is -2.22. The summed E-state index contributed by atoms with van der Waals surface area (Å²) in [6, 6.07) is 2.89. The minimum Gasteiger partial charge on any atom is -0.444 e. The Bertz CT molecular complexity index is 760. The fraction of sp³-hybridized carbons (Fsp3) is 0.652. The molecule has 0 aliphatic carbocycles. The predicted molar refractivity (Wildman–Crippen MR) is 117 cm³/mol. The number of nitrogens with one attached hydrogen (secondary N) is 1. The van der Waals surface area contributed by atoms with Gasteiger partial charge in [0.15, 0.2) is 0 Å². The number of amides is 2. The minimum absolute atomic E-state index is 0.0185. The molecule has 0 radical (unpaired) electrons. The quantitative estimate of drug-likeness (QED) is 0.701. The molecule has 1 fully saturated rings. The highest BCUT2D eigenvalue weighted by atomic mass is 19.1. The second-order valence-electron chi connectivity index (χ2n) is 9.49. The van der Waals surface area contributed by atoms with E-state index >= 15 is 0 Å². The van der Waals surface area contributed by atoms with Crippen LogP contribution in [0.5, 0.6) is 0 Å². The summed E-state index contributed by atoms with van der Waals surface area (Å²) >= 11 is 0. The molecular formula is C23H35F2N3O3. The normalized spacial score (nSPS) is 18.5. The summed E-state index contributed by atoms with van der Waals surface area (Å²) in [5.74, 6) is -1.90. The molecule has 1 aromatic rings. The Morgan fingerprint density at radius 1 is 1.23 bits per heavy atom. The van der Waals surface area contributed by atoms with Crippen LogP contribution >= 0.6 is 0 Å². The maximum Gasteiger partial charge on any atom is 0.410 e. The van der Waals surface area contributed by atoms with Crippen LogP contribution < -0.4 is 5.32 Å². The van der Waals surface area contributed by atoms with Crippen LogP contribution in [0.4, 0.5) is 19.3 Å². The van der Waals surface area contributed by atoms with E-state index in [9.17, 15) is 18.4 Å². The van der Waals surface area contributed by atoms with Crippen LogP contribution in [0.2, 0.25) is 0 Å². The number of ether oxygens (including phenoxy) is 1. The molecule has 1 saturated heterocycles. The van der Waals surface area contributed by atoms with E-state index in [1.54, 1.807) is 11.8 Å². The molecule has 31 heavy (non-hydrogen) atoms. The summed E-state index contributed by atoms with van der Waals surface area (Å²) in [5.41, 5.74) is -0.999. The second kappa shape index (κ2) is 10.4. The number of hydrogen-bond donors (Lipinski definition) is 1. The van der Waals surface area contributed by atoms with Gasteiger partial charge in [-0.2, -0.15) is 0 Å². The number of benzene rings is 1. The largest absolute Gasteiger partial charge is 0.444 e. The molecule has 1 aromatic carbocycles. The van der Waals surface area contributed by atoms with Crippen molar-refractivity contribution in [2.45, 2.75) is 72.1 Å². The third-order valence-electron chi connectivity index (χ3n) is 5.39. The Balaban J connectivity index is 2.01. The summed E-state index contributed by atoms with van der Waals surface area (Å²) in [6.07, 6.45) is 1.45. The van der Waals surface area contributed by atoms with E-state index in [1.165, 1.54) is 6.07 Å². The van der Waals surface area contributed by atoms with Crippen LogP contribution in [0.15, 0.2) is 18.2 Å². The summed E-state index contributed by atoms with van der Waals surface area (Å²) in [7, 11) is 0. The molecule has 2 rings (SSSR count). The molecule has 0 bridgehead atoms. The van der Waals surface area contributed by atoms with Gasteiger partial charge in [0.25, 0.3) is 0 Å². The molecule has 2 atom stereocenters. The third-order valence-corrected chi connectivity index (χ3v) is 5.39. The van der Waals surface area contributed by atoms with E-state index < -0.39 is 34.9 Å². The van der Waals surface area contributed by atoms with Crippen molar-refractivity contribution in [1.82, 2.24) is 9.80 Å². The van der Waals surface area contributed by atoms with Crippen LogP contribution in [0, 0.1) is 17.6 Å². The Kier molecular flexibility index (Phi) is 8.40. The molecule has 174 valence electrons. The smallest absolute Gasteiger partial charge is 0.410 e. The zero-order valence-corrected chi connectivity index (χ0v) is 19.4. The number of hydrogen-bond acceptors (Lipinski definition) is 4. The van der Waals surface area contributed by atoms with E-state index in [-0.39, 0.29) is 18.1 Å². The Labute approximate surface area is 183 Å². The molecule has 1 N–H and O–H groups in total. The zero-order valence-electron chi connectivity index (χ0n) is 19.4. The first-order valence-corrected chi connectivity index (χ1v) is 10.9. The van der Waals surface area contributed by atoms with E-state index in [0.29, 0.717) is 19.6 Å². The van der Waals surface area contributed by atoms with Crippen LogP contribution in [-0.4, -0.2) is 59.1 Å². The van der Waals surface area contributed by atoms with Gasteiger partial charge in [-0.15, -0.1) is 0 Å². The lowest BCUT2D eigenvalue weighted by Crippen LogP contribution is -2.51. The van der Waals surface area contributed by atoms with E-state index in [4.69, 9.17) is 4.74 Å². The molecule has 1 heterocycles. The SMILES string of the molecule is CC(C(=O)Nc1c(F)cccc1F)N1CCCC(CN(C(=O)OC(C)(C)C)C(C)C)C1. The Morgan fingerprint density at radius 3 is 2.39 bits per heavy atom. The van der Waals surface area contributed by atoms with E-state index in [0.717, 1.165) is 25.0 Å². The van der Waals surface area contributed by atoms with Gasteiger partial charge >= 0.3 is 6.09 Å². The lowest BCUT2D eigenvalue weighted by molar-refractivity contribution is -0.121. The molecule has 1 aliphatic heterocycles. The van der Waals surface area contributed by atoms with Crippen molar-refractivity contribution in [3.63, 3.8) is 0 Å². The first-order valence-electron chi connectivity index (χ1n) is 10.9. The molecule has 0 saturated carbocycles. The fourth-order valence-electron chi connectivity index (χ4n) is 3.70. The molecule has 0 spiro atoms. The number of piperidine rings is 1. The standard InChI is InChI=1S/C23H35F2N3O3/c1-15(2)28(22(30)31-23(4,5)6)14-17-9-8-12-27(13-17)16(3)21(29)26-20-18(24)10-7-11-19(20)25/h7,10-11,15-17H,8-9,12-14H2,1-6H3,(H,26,29). The molecule has 6 nitrogen and oxygen atoms in total. The topological polar surface area (TPSA) is 61.9 Å². The van der Waals surface area contributed by atoms with Crippen LogP contribution in [0.25, 0.3) is 0 Å². The molecule has 8 heteroatoms. The van der Waals surface area contributed by atoms with Gasteiger partial charge in [0, 0.05) is 19.1 Å². The zero-order chi connectivity index (χ0) is 23.3. The average molecular weight is 440 g/mol. The number of halogens is 2. The predicted octanol–water partition coefficient (Wildman–Crippen LogP) is 4.65. The van der Waals surface area contributed by atoms with Crippen LogP contribution in [-0.2, 0) is 9.53 Å². The van der Waals surface area contributed by atoms with Gasteiger partial charge in [-0.1, -0.05) is 6.07 Å². The molecular weight excluding hydrogens is 404 g/mol. The van der Waals surface area contributed by atoms with Crippen LogP contribution in [0.3, 0.4) is 0 Å². The van der Waals surface area contributed by atoms with Crippen molar-refractivity contribution >= 4 is 17.7 Å². The average Bonchev–Trinajstić information content (AvgIpc) is 2.67. The Morgan fingerprint density at radius 2 is 1.84 bits per heavy atom. The van der Waals surface area contributed by atoms with E-state index in [2.05, 4.69) is 5.32 Å². The highest BCUT2D eigenvalue weighted by Crippen LogP contribution is 2.23. The number of carbonyl (C=O) groups excluding carboxylic acids is 2. The molecule has 2 unspecified atom stereocenters. The second-order valence-corrected chi connectivity index (χ2v) is 9.49. The van der Waals surface area contributed by atoms with Crippen molar-refractivity contribution in [2.24, 2.45) is 5.92 Å².